The van der Waals surface area contributed by atoms with Gasteiger partial charge in [-0.15, -0.1) is 0 Å². The van der Waals surface area contributed by atoms with Gasteiger partial charge in [0, 0.05) is 32.7 Å². The van der Waals surface area contributed by atoms with Crippen LogP contribution in [-0.2, 0) is 10.2 Å². The van der Waals surface area contributed by atoms with E-state index in [9.17, 15) is 8.42 Å². The first-order valence-electron chi connectivity index (χ1n) is 7.38. The molecule has 0 spiro atoms. The molecule has 2 aliphatic heterocycles. The molecule has 2 aliphatic rings. The third-order valence-electron chi connectivity index (χ3n) is 4.25. The lowest BCUT2D eigenvalue weighted by atomic mass is 9.85. The monoisotopic (exact) mass is 289 g/mol. The lowest BCUT2D eigenvalue weighted by Gasteiger charge is -2.28. The van der Waals surface area contributed by atoms with Crippen LogP contribution < -0.4 is 5.32 Å². The highest BCUT2D eigenvalue weighted by Gasteiger charge is 2.33. The van der Waals surface area contributed by atoms with Gasteiger partial charge < -0.3 is 5.32 Å². The zero-order valence-electron chi connectivity index (χ0n) is 12.2. The van der Waals surface area contributed by atoms with Crippen LogP contribution >= 0.6 is 0 Å². The van der Waals surface area contributed by atoms with Crippen molar-refractivity contribution in [2.45, 2.75) is 39.5 Å². The Bertz CT molecular complexity index is 387. The van der Waals surface area contributed by atoms with E-state index in [1.54, 1.807) is 8.61 Å². The second kappa shape index (κ2) is 6.08. The normalized spacial score (nSPS) is 27.7. The molecule has 2 fully saturated rings. The summed E-state index contributed by atoms with van der Waals surface area (Å²) in [5.74, 6) is 0. The molecule has 112 valence electrons. The molecule has 0 aliphatic carbocycles. The topological polar surface area (TPSA) is 52.7 Å². The van der Waals surface area contributed by atoms with Gasteiger partial charge in [-0.05, 0) is 37.6 Å². The molecule has 6 heteroatoms. The van der Waals surface area contributed by atoms with Gasteiger partial charge in [-0.25, -0.2) is 0 Å². The van der Waals surface area contributed by atoms with Crippen LogP contribution in [0.3, 0.4) is 0 Å². The third kappa shape index (κ3) is 3.90. The first-order valence-corrected chi connectivity index (χ1v) is 8.77. The quantitative estimate of drug-likeness (QED) is 0.826. The van der Waals surface area contributed by atoms with Gasteiger partial charge in [0.2, 0.25) is 0 Å². The highest BCUT2D eigenvalue weighted by Crippen LogP contribution is 2.31. The van der Waals surface area contributed by atoms with E-state index in [-0.39, 0.29) is 5.41 Å². The minimum Gasteiger partial charge on any atom is -0.315 e. The van der Waals surface area contributed by atoms with E-state index in [2.05, 4.69) is 19.2 Å². The average Bonchev–Trinajstić information content (AvgIpc) is 2.69. The van der Waals surface area contributed by atoms with Gasteiger partial charge in [0.1, 0.15) is 0 Å². The standard InChI is InChI=1S/C13H27N3O2S/c1-13(2)5-3-9-15(11-6-13)19(17,18)16-10-4-7-14-8-12-16/h14H,3-12H2,1-2H3. The van der Waals surface area contributed by atoms with Crippen LogP contribution in [0.25, 0.3) is 0 Å². The zero-order valence-corrected chi connectivity index (χ0v) is 13.0. The maximum absolute atomic E-state index is 12.7. The second-order valence-corrected chi connectivity index (χ2v) is 8.36. The Morgan fingerprint density at radius 1 is 0.895 bits per heavy atom. The molecule has 0 saturated carbocycles. The van der Waals surface area contributed by atoms with Crippen molar-refractivity contribution >= 4 is 10.2 Å². The van der Waals surface area contributed by atoms with Crippen LogP contribution in [0.5, 0.6) is 0 Å². The van der Waals surface area contributed by atoms with Crippen LogP contribution in [0.15, 0.2) is 0 Å². The van der Waals surface area contributed by atoms with Gasteiger partial charge in [0.25, 0.3) is 10.2 Å². The van der Waals surface area contributed by atoms with E-state index < -0.39 is 10.2 Å². The molecule has 0 atom stereocenters. The Morgan fingerprint density at radius 2 is 1.58 bits per heavy atom. The highest BCUT2D eigenvalue weighted by atomic mass is 32.2. The van der Waals surface area contributed by atoms with E-state index in [1.807, 2.05) is 0 Å². The average molecular weight is 289 g/mol. The molecule has 0 aromatic heterocycles. The summed E-state index contributed by atoms with van der Waals surface area (Å²) in [4.78, 5) is 0. The van der Waals surface area contributed by atoms with Crippen LogP contribution in [0.2, 0.25) is 0 Å². The first-order chi connectivity index (χ1) is 8.92. The summed E-state index contributed by atoms with van der Waals surface area (Å²) >= 11 is 0. The molecule has 0 radical (unpaired) electrons. The second-order valence-electron chi connectivity index (χ2n) is 6.43. The van der Waals surface area contributed by atoms with Crippen LogP contribution in [-0.4, -0.2) is 56.3 Å². The molecule has 1 N–H and O–H groups in total. The SMILES string of the molecule is CC1(C)CCCN(S(=O)(=O)N2CCCNCC2)CC1. The molecule has 19 heavy (non-hydrogen) atoms. The lowest BCUT2D eigenvalue weighted by Crippen LogP contribution is -2.45. The summed E-state index contributed by atoms with van der Waals surface area (Å²) in [6, 6.07) is 0. The Balaban J connectivity index is 2.06. The maximum atomic E-state index is 12.7. The Kier molecular flexibility index (Phi) is 4.87. The maximum Gasteiger partial charge on any atom is 0.282 e. The van der Waals surface area contributed by atoms with Gasteiger partial charge >= 0.3 is 0 Å². The Morgan fingerprint density at radius 3 is 2.37 bits per heavy atom. The molecule has 0 unspecified atom stereocenters. The number of hydrogen-bond donors (Lipinski definition) is 1. The number of nitrogens with one attached hydrogen (secondary N) is 1. The Hall–Kier alpha value is -0.170. The molecule has 2 rings (SSSR count). The molecule has 0 amide bonds. The first kappa shape index (κ1) is 15.2. The van der Waals surface area contributed by atoms with Gasteiger partial charge in [0.15, 0.2) is 0 Å². The largest absolute Gasteiger partial charge is 0.315 e. The molecule has 0 aromatic carbocycles. The van der Waals surface area contributed by atoms with Gasteiger partial charge in [0.05, 0.1) is 0 Å². The highest BCUT2D eigenvalue weighted by molar-refractivity contribution is 7.86. The van der Waals surface area contributed by atoms with Crippen molar-refractivity contribution in [3.8, 4) is 0 Å². The Labute approximate surface area is 117 Å². The number of rotatable bonds is 2. The van der Waals surface area contributed by atoms with Crippen LogP contribution in [0, 0.1) is 5.41 Å². The fourth-order valence-electron chi connectivity index (χ4n) is 2.84. The van der Waals surface area contributed by atoms with Gasteiger partial charge in [-0.3, -0.25) is 0 Å². The minimum atomic E-state index is -3.26. The fourth-order valence-corrected chi connectivity index (χ4v) is 4.53. The van der Waals surface area contributed by atoms with E-state index in [4.69, 9.17) is 0 Å². The van der Waals surface area contributed by atoms with Crippen LogP contribution in [0.4, 0.5) is 0 Å². The zero-order chi connectivity index (χ0) is 13.9. The van der Waals surface area contributed by atoms with Crippen molar-refractivity contribution in [2.75, 3.05) is 39.3 Å². The molecule has 2 heterocycles. The molecule has 0 aromatic rings. The third-order valence-corrected chi connectivity index (χ3v) is 6.29. The predicted molar refractivity (Wildman–Crippen MR) is 77.2 cm³/mol. The lowest BCUT2D eigenvalue weighted by molar-refractivity contribution is 0.307. The summed E-state index contributed by atoms with van der Waals surface area (Å²) < 4.78 is 28.7. The van der Waals surface area contributed by atoms with E-state index in [0.29, 0.717) is 26.2 Å². The summed E-state index contributed by atoms with van der Waals surface area (Å²) in [6.07, 6.45) is 3.94. The van der Waals surface area contributed by atoms with Crippen LogP contribution in [0.1, 0.15) is 39.5 Å². The molecular formula is C13H27N3O2S. The van der Waals surface area contributed by atoms with Gasteiger partial charge in [-0.2, -0.15) is 17.0 Å². The number of nitrogens with zero attached hydrogens (tertiary/aromatic N) is 2. The van der Waals surface area contributed by atoms with Crippen molar-refractivity contribution in [1.82, 2.24) is 13.9 Å². The molecule has 2 saturated heterocycles. The summed E-state index contributed by atoms with van der Waals surface area (Å²) in [5, 5.41) is 3.25. The van der Waals surface area contributed by atoms with Crippen molar-refractivity contribution in [3.63, 3.8) is 0 Å². The van der Waals surface area contributed by atoms with E-state index >= 15 is 0 Å². The van der Waals surface area contributed by atoms with Crippen molar-refractivity contribution < 1.29 is 8.42 Å². The van der Waals surface area contributed by atoms with Crippen molar-refractivity contribution in [2.24, 2.45) is 5.41 Å². The molecule has 0 bridgehead atoms. The summed E-state index contributed by atoms with van der Waals surface area (Å²) in [5.41, 5.74) is 0.268. The minimum absolute atomic E-state index is 0.268. The predicted octanol–water partition coefficient (Wildman–Crippen LogP) is 1.04. The summed E-state index contributed by atoms with van der Waals surface area (Å²) in [7, 11) is -3.26. The fraction of sp³-hybridized carbons (Fsp3) is 1.00. The van der Waals surface area contributed by atoms with Crippen molar-refractivity contribution in [1.29, 1.82) is 0 Å². The smallest absolute Gasteiger partial charge is 0.282 e. The summed E-state index contributed by atoms with van der Waals surface area (Å²) in [6.45, 7) is 8.74. The van der Waals surface area contributed by atoms with E-state index in [1.165, 1.54) is 0 Å². The number of hydrogen-bond acceptors (Lipinski definition) is 3. The molecular weight excluding hydrogens is 262 g/mol. The van der Waals surface area contributed by atoms with Gasteiger partial charge in [-0.1, -0.05) is 13.8 Å². The molecule has 5 nitrogen and oxygen atoms in total. The van der Waals surface area contributed by atoms with Crippen molar-refractivity contribution in [3.05, 3.63) is 0 Å². The van der Waals surface area contributed by atoms with E-state index in [0.717, 1.165) is 38.8 Å².